The maximum absolute atomic E-state index is 6.22. The zero-order valence-corrected chi connectivity index (χ0v) is 20.4. The summed E-state index contributed by atoms with van der Waals surface area (Å²) in [4.78, 5) is 4.61. The van der Waals surface area contributed by atoms with Crippen molar-refractivity contribution in [2.24, 2.45) is 5.92 Å². The van der Waals surface area contributed by atoms with Crippen LogP contribution in [0.3, 0.4) is 0 Å². The topological polar surface area (TPSA) is 74.3 Å². The molecule has 2 aliphatic rings. The van der Waals surface area contributed by atoms with Crippen molar-refractivity contribution in [1.82, 2.24) is 14.8 Å². The van der Waals surface area contributed by atoms with Gasteiger partial charge in [0.05, 0.1) is 42.8 Å². The molecule has 7 heteroatoms. The zero-order chi connectivity index (χ0) is 24.4. The van der Waals surface area contributed by atoms with E-state index in [4.69, 9.17) is 13.9 Å². The molecule has 5 aromatic rings. The van der Waals surface area contributed by atoms with Crippen molar-refractivity contribution in [3.63, 3.8) is 0 Å². The first-order valence-corrected chi connectivity index (χ1v) is 12.1. The Morgan fingerprint density at radius 2 is 1.97 bits per heavy atom. The predicted molar refractivity (Wildman–Crippen MR) is 138 cm³/mol. The first-order valence-electron chi connectivity index (χ1n) is 12.1. The molecule has 0 bridgehead atoms. The van der Waals surface area contributed by atoms with Crippen molar-refractivity contribution < 1.29 is 13.9 Å². The lowest BCUT2D eigenvalue weighted by Gasteiger charge is -2.48. The van der Waals surface area contributed by atoms with Gasteiger partial charge in [0.25, 0.3) is 0 Å². The van der Waals surface area contributed by atoms with Crippen LogP contribution in [0, 0.1) is 5.92 Å². The fourth-order valence-electron chi connectivity index (χ4n) is 5.68. The minimum Gasteiger partial charge on any atom is -0.496 e. The number of rotatable bonds is 3. The average Bonchev–Trinajstić information content (AvgIpc) is 3.55. The number of aromatic nitrogens is 3. The third-order valence-electron chi connectivity index (χ3n) is 7.70. The number of oxazole rings is 1. The number of nitrogens with one attached hydrogen (secondary N) is 1. The summed E-state index contributed by atoms with van der Waals surface area (Å²) in [5, 5.41) is 8.41. The van der Waals surface area contributed by atoms with E-state index in [-0.39, 0.29) is 17.4 Å². The molecule has 0 radical (unpaired) electrons. The number of anilines is 1. The number of hydrogen-bond acceptors (Lipinski definition) is 6. The molecule has 180 valence electrons. The van der Waals surface area contributed by atoms with Gasteiger partial charge >= 0.3 is 0 Å². The number of ether oxygens (including phenoxy) is 2. The second kappa shape index (κ2) is 7.62. The number of methoxy groups -OCH3 is 1. The lowest BCUT2D eigenvalue weighted by molar-refractivity contribution is 0.133. The van der Waals surface area contributed by atoms with E-state index in [1.807, 2.05) is 53.3 Å². The SMILES string of the molecule is COc1cccc2c1[C@H]1Nc3ccc(-n4cc(-c5nc6ccccc6o5)cn4)cc3C(C)(C)[C@H]1CO2. The van der Waals surface area contributed by atoms with Crippen LogP contribution in [0.25, 0.3) is 28.2 Å². The molecule has 0 aliphatic carbocycles. The van der Waals surface area contributed by atoms with Crippen LogP contribution >= 0.6 is 0 Å². The Morgan fingerprint density at radius 3 is 2.83 bits per heavy atom. The van der Waals surface area contributed by atoms with E-state index < -0.39 is 0 Å². The number of hydrogen-bond donors (Lipinski definition) is 1. The highest BCUT2D eigenvalue weighted by atomic mass is 16.5. The Morgan fingerprint density at radius 1 is 1.08 bits per heavy atom. The van der Waals surface area contributed by atoms with Gasteiger partial charge in [0.15, 0.2) is 5.58 Å². The number of fused-ring (bicyclic) bond motifs is 5. The zero-order valence-electron chi connectivity index (χ0n) is 20.4. The molecule has 2 aliphatic heterocycles. The van der Waals surface area contributed by atoms with Crippen molar-refractivity contribution in [3.8, 4) is 28.6 Å². The van der Waals surface area contributed by atoms with E-state index in [0.717, 1.165) is 45.1 Å². The molecule has 7 rings (SSSR count). The second-order valence-corrected chi connectivity index (χ2v) is 10.0. The average molecular weight is 479 g/mol. The summed E-state index contributed by atoms with van der Waals surface area (Å²) < 4.78 is 19.7. The van der Waals surface area contributed by atoms with Crippen LogP contribution in [0.15, 0.2) is 77.5 Å². The fourth-order valence-corrected chi connectivity index (χ4v) is 5.68. The van der Waals surface area contributed by atoms with Crippen LogP contribution in [0.5, 0.6) is 11.5 Å². The quantitative estimate of drug-likeness (QED) is 0.336. The van der Waals surface area contributed by atoms with Gasteiger partial charge in [0.2, 0.25) is 5.89 Å². The van der Waals surface area contributed by atoms with Gasteiger partial charge in [-0.05, 0) is 48.0 Å². The van der Waals surface area contributed by atoms with Gasteiger partial charge < -0.3 is 19.2 Å². The molecule has 0 saturated carbocycles. The Kier molecular flexibility index (Phi) is 4.46. The summed E-state index contributed by atoms with van der Waals surface area (Å²) in [7, 11) is 1.71. The molecule has 0 fully saturated rings. The van der Waals surface area contributed by atoms with Crippen molar-refractivity contribution in [1.29, 1.82) is 0 Å². The third kappa shape index (κ3) is 3.05. The number of nitrogens with zero attached hydrogens (tertiary/aromatic N) is 3. The summed E-state index contributed by atoms with van der Waals surface area (Å²) in [5.41, 5.74) is 6.74. The van der Waals surface area contributed by atoms with E-state index in [1.54, 1.807) is 13.3 Å². The second-order valence-electron chi connectivity index (χ2n) is 10.0. The molecule has 0 saturated heterocycles. The van der Waals surface area contributed by atoms with E-state index in [2.05, 4.69) is 47.4 Å². The first kappa shape index (κ1) is 21.1. The Bertz CT molecular complexity index is 1570. The van der Waals surface area contributed by atoms with Crippen LogP contribution in [-0.2, 0) is 5.41 Å². The lowest BCUT2D eigenvalue weighted by atomic mass is 9.65. The summed E-state index contributed by atoms with van der Waals surface area (Å²) in [6.07, 6.45) is 3.76. The highest BCUT2D eigenvalue weighted by Gasteiger charge is 2.47. The van der Waals surface area contributed by atoms with Gasteiger partial charge in [-0.3, -0.25) is 0 Å². The van der Waals surface area contributed by atoms with Gasteiger partial charge in [0, 0.05) is 23.2 Å². The lowest BCUT2D eigenvalue weighted by Crippen LogP contribution is -2.46. The molecule has 1 N–H and O–H groups in total. The van der Waals surface area contributed by atoms with E-state index in [0.29, 0.717) is 12.5 Å². The Labute approximate surface area is 208 Å². The van der Waals surface area contributed by atoms with Crippen LogP contribution in [-0.4, -0.2) is 28.5 Å². The summed E-state index contributed by atoms with van der Waals surface area (Å²) in [6.45, 7) is 5.23. The summed E-state index contributed by atoms with van der Waals surface area (Å²) in [6, 6.07) is 20.3. The molecule has 0 amide bonds. The first-order chi connectivity index (χ1) is 17.5. The summed E-state index contributed by atoms with van der Waals surface area (Å²) >= 11 is 0. The largest absolute Gasteiger partial charge is 0.496 e. The predicted octanol–water partition coefficient (Wildman–Crippen LogP) is 6.14. The van der Waals surface area contributed by atoms with E-state index in [9.17, 15) is 0 Å². The van der Waals surface area contributed by atoms with E-state index >= 15 is 0 Å². The maximum atomic E-state index is 6.22. The van der Waals surface area contributed by atoms with E-state index in [1.165, 1.54) is 5.56 Å². The maximum Gasteiger partial charge on any atom is 0.230 e. The summed E-state index contributed by atoms with van der Waals surface area (Å²) in [5.74, 6) is 2.55. The smallest absolute Gasteiger partial charge is 0.230 e. The molecule has 2 atom stereocenters. The van der Waals surface area contributed by atoms with Gasteiger partial charge in [-0.1, -0.05) is 32.0 Å². The minimum absolute atomic E-state index is 0.105. The molecular weight excluding hydrogens is 452 g/mol. The minimum atomic E-state index is -0.143. The molecule has 3 aromatic carbocycles. The number of benzene rings is 3. The number of para-hydroxylation sites is 2. The van der Waals surface area contributed by atoms with Crippen LogP contribution in [0.2, 0.25) is 0 Å². The van der Waals surface area contributed by atoms with Crippen LogP contribution in [0.4, 0.5) is 5.69 Å². The highest BCUT2D eigenvalue weighted by Crippen LogP contribution is 2.54. The normalized spacial score (nSPS) is 19.5. The molecular formula is C29H26N4O3. The molecule has 36 heavy (non-hydrogen) atoms. The monoisotopic (exact) mass is 478 g/mol. The molecule has 7 nitrogen and oxygen atoms in total. The molecule has 0 unspecified atom stereocenters. The van der Waals surface area contributed by atoms with Crippen molar-refractivity contribution >= 4 is 16.8 Å². The Hall–Kier alpha value is -4.26. The van der Waals surface area contributed by atoms with Gasteiger partial charge in [-0.2, -0.15) is 5.10 Å². The van der Waals surface area contributed by atoms with Crippen LogP contribution in [0.1, 0.15) is 31.0 Å². The molecule has 0 spiro atoms. The van der Waals surface area contributed by atoms with Gasteiger partial charge in [-0.25, -0.2) is 9.67 Å². The van der Waals surface area contributed by atoms with Gasteiger partial charge in [0.1, 0.15) is 17.0 Å². The van der Waals surface area contributed by atoms with Crippen LogP contribution < -0.4 is 14.8 Å². The standard InChI is InChI=1S/C29H26N4O3/c1-29(2)19-13-18(33-15-17(14-30-33)28-32-22-7-4-5-8-23(22)36-28)11-12-21(19)31-27-20(29)16-35-25-10-6-9-24(34-3)26(25)27/h4-15,20,27,31H,16H2,1-3H3/t20-,27-/m0/s1. The third-order valence-corrected chi connectivity index (χ3v) is 7.70. The van der Waals surface area contributed by atoms with Gasteiger partial charge in [-0.15, -0.1) is 0 Å². The molecule has 4 heterocycles. The van der Waals surface area contributed by atoms with Crippen molar-refractivity contribution in [2.45, 2.75) is 25.3 Å². The highest BCUT2D eigenvalue weighted by molar-refractivity contribution is 5.75. The fraction of sp³-hybridized carbons (Fsp3) is 0.241. The molecule has 2 aromatic heterocycles. The van der Waals surface area contributed by atoms with Crippen molar-refractivity contribution in [2.75, 3.05) is 19.0 Å². The Balaban J connectivity index is 1.26. The van der Waals surface area contributed by atoms with Crippen molar-refractivity contribution in [3.05, 3.63) is 84.2 Å².